The maximum absolute atomic E-state index is 2.69. The van der Waals surface area contributed by atoms with Crippen molar-refractivity contribution in [1.29, 1.82) is 0 Å². The van der Waals surface area contributed by atoms with Gasteiger partial charge >= 0.3 is 0 Å². The Labute approximate surface area is 170 Å². The molecule has 0 bridgehead atoms. The van der Waals surface area contributed by atoms with Gasteiger partial charge in [0, 0.05) is 30.9 Å². The lowest BCUT2D eigenvalue weighted by Gasteiger charge is -2.47. The number of aromatic nitrogens is 1. The minimum absolute atomic E-state index is 0.0238. The molecule has 0 saturated heterocycles. The summed E-state index contributed by atoms with van der Waals surface area (Å²) in [4.78, 5) is 0. The molecule has 1 aromatic heterocycles. The van der Waals surface area contributed by atoms with Gasteiger partial charge in [-0.2, -0.15) is 4.57 Å². The van der Waals surface area contributed by atoms with Gasteiger partial charge in [-0.25, -0.2) is 0 Å². The third kappa shape index (κ3) is 2.28. The third-order valence-corrected chi connectivity index (χ3v) is 7.83. The van der Waals surface area contributed by atoms with Gasteiger partial charge in [0.05, 0.1) is 11.0 Å². The SMILES string of the molecule is CCc1cccc2c1ccc1[n+]2C(C)(CC)C(C)(CC)c2c(C)cc(C)cc2-1. The highest BCUT2D eigenvalue weighted by molar-refractivity contribution is 5.82. The van der Waals surface area contributed by atoms with Crippen molar-refractivity contribution in [2.75, 3.05) is 0 Å². The molecule has 2 aromatic carbocycles. The molecule has 146 valence electrons. The van der Waals surface area contributed by atoms with Gasteiger partial charge in [0.25, 0.3) is 0 Å². The number of hydrogen-bond donors (Lipinski definition) is 0. The molecule has 0 saturated carbocycles. The van der Waals surface area contributed by atoms with E-state index in [1.807, 2.05) is 0 Å². The standard InChI is InChI=1S/C27H34N/c1-8-20-12-11-13-23-21(20)14-15-24-22-17-18(4)16-19(5)25(22)26(6,9-2)27(7,10-3)28(23)24/h11-17H,8-10H2,1-7H3/q+1. The van der Waals surface area contributed by atoms with E-state index in [9.17, 15) is 0 Å². The normalized spacial score (nSPS) is 23.5. The molecule has 0 aliphatic carbocycles. The summed E-state index contributed by atoms with van der Waals surface area (Å²) in [5.74, 6) is 0. The van der Waals surface area contributed by atoms with Crippen molar-refractivity contribution >= 4 is 10.9 Å². The van der Waals surface area contributed by atoms with Crippen molar-refractivity contribution in [2.45, 2.75) is 78.7 Å². The summed E-state index contributed by atoms with van der Waals surface area (Å²) in [6.07, 6.45) is 3.31. The highest BCUT2D eigenvalue weighted by atomic mass is 15.1. The Morgan fingerprint density at radius 2 is 1.64 bits per heavy atom. The lowest BCUT2D eigenvalue weighted by atomic mass is 9.59. The molecular formula is C27H34N+. The van der Waals surface area contributed by atoms with E-state index in [4.69, 9.17) is 0 Å². The van der Waals surface area contributed by atoms with Crippen LogP contribution in [0, 0.1) is 13.8 Å². The van der Waals surface area contributed by atoms with E-state index in [1.54, 1.807) is 5.56 Å². The zero-order valence-electron chi connectivity index (χ0n) is 18.6. The molecule has 0 amide bonds. The predicted molar refractivity (Wildman–Crippen MR) is 120 cm³/mol. The van der Waals surface area contributed by atoms with E-state index in [0.29, 0.717) is 0 Å². The molecule has 2 heterocycles. The molecule has 1 heteroatoms. The van der Waals surface area contributed by atoms with Gasteiger partial charge in [-0.3, -0.25) is 0 Å². The van der Waals surface area contributed by atoms with Gasteiger partial charge in [0.15, 0.2) is 5.54 Å². The molecule has 1 aliphatic rings. The van der Waals surface area contributed by atoms with Crippen LogP contribution in [0.2, 0.25) is 0 Å². The second-order valence-corrected chi connectivity index (χ2v) is 9.07. The molecule has 3 aromatic rings. The zero-order valence-corrected chi connectivity index (χ0v) is 18.6. The van der Waals surface area contributed by atoms with Crippen LogP contribution in [0.25, 0.3) is 22.2 Å². The quantitative estimate of drug-likeness (QED) is 0.446. The van der Waals surface area contributed by atoms with Crippen LogP contribution in [-0.4, -0.2) is 0 Å². The monoisotopic (exact) mass is 372 g/mol. The van der Waals surface area contributed by atoms with Gasteiger partial charge in [0.1, 0.15) is 0 Å². The largest absolute Gasteiger partial charge is 0.213 e. The summed E-state index contributed by atoms with van der Waals surface area (Å²) in [6.45, 7) is 16.5. The van der Waals surface area contributed by atoms with E-state index in [2.05, 4.69) is 95.5 Å². The summed E-state index contributed by atoms with van der Waals surface area (Å²) < 4.78 is 2.69. The molecule has 4 rings (SSSR count). The first kappa shape index (κ1) is 19.2. The zero-order chi connectivity index (χ0) is 20.3. The Bertz CT molecular complexity index is 1080. The van der Waals surface area contributed by atoms with E-state index < -0.39 is 0 Å². The predicted octanol–water partition coefficient (Wildman–Crippen LogP) is 6.78. The highest BCUT2D eigenvalue weighted by Gasteiger charge is 2.57. The smallest absolute Gasteiger partial charge is 0.185 e. The molecule has 28 heavy (non-hydrogen) atoms. The van der Waals surface area contributed by atoms with Gasteiger partial charge < -0.3 is 0 Å². The number of nitrogens with zero attached hydrogens (tertiary/aromatic N) is 1. The Hall–Kier alpha value is -2.15. The summed E-state index contributed by atoms with van der Waals surface area (Å²) >= 11 is 0. The molecule has 2 unspecified atom stereocenters. The number of benzene rings is 2. The fourth-order valence-electron chi connectivity index (χ4n) is 5.93. The molecule has 1 nitrogen and oxygen atoms in total. The second kappa shape index (κ2) is 6.44. The lowest BCUT2D eigenvalue weighted by Crippen LogP contribution is -2.68. The summed E-state index contributed by atoms with van der Waals surface area (Å²) in [5, 5.41) is 1.40. The van der Waals surface area contributed by atoms with Crippen LogP contribution < -0.4 is 4.57 Å². The first-order chi connectivity index (χ1) is 13.3. The van der Waals surface area contributed by atoms with E-state index in [1.165, 1.54) is 38.9 Å². The van der Waals surface area contributed by atoms with Gasteiger partial charge in [-0.15, -0.1) is 0 Å². The topological polar surface area (TPSA) is 3.88 Å². The Kier molecular flexibility index (Phi) is 4.41. The van der Waals surface area contributed by atoms with Gasteiger partial charge in [0.2, 0.25) is 11.2 Å². The van der Waals surface area contributed by atoms with Crippen molar-refractivity contribution in [3.8, 4) is 11.3 Å². The molecule has 0 spiro atoms. The van der Waals surface area contributed by atoms with Crippen molar-refractivity contribution in [1.82, 2.24) is 0 Å². The fraction of sp³-hybridized carbons (Fsp3) is 0.444. The average molecular weight is 373 g/mol. The number of aryl methyl sites for hydroxylation is 3. The van der Waals surface area contributed by atoms with E-state index >= 15 is 0 Å². The second-order valence-electron chi connectivity index (χ2n) is 9.07. The Balaban J connectivity index is 2.25. The molecule has 0 N–H and O–H groups in total. The number of pyridine rings is 1. The molecule has 0 fully saturated rings. The average Bonchev–Trinajstić information content (AvgIpc) is 2.69. The first-order valence-electron chi connectivity index (χ1n) is 10.9. The van der Waals surface area contributed by atoms with Crippen LogP contribution in [0.5, 0.6) is 0 Å². The van der Waals surface area contributed by atoms with Crippen LogP contribution in [0.4, 0.5) is 0 Å². The van der Waals surface area contributed by atoms with Crippen molar-refractivity contribution in [3.05, 3.63) is 64.7 Å². The van der Waals surface area contributed by atoms with Crippen LogP contribution in [-0.2, 0) is 17.4 Å². The van der Waals surface area contributed by atoms with Crippen molar-refractivity contribution in [3.63, 3.8) is 0 Å². The fourth-order valence-corrected chi connectivity index (χ4v) is 5.93. The molecule has 1 aliphatic heterocycles. The Morgan fingerprint density at radius 3 is 2.29 bits per heavy atom. The minimum atomic E-state index is 0.0238. The maximum Gasteiger partial charge on any atom is 0.213 e. The van der Waals surface area contributed by atoms with Gasteiger partial charge in [-0.05, 0) is 62.4 Å². The summed E-state index contributed by atoms with van der Waals surface area (Å²) in [7, 11) is 0. The third-order valence-electron chi connectivity index (χ3n) is 7.83. The highest BCUT2D eigenvalue weighted by Crippen LogP contribution is 2.51. The van der Waals surface area contributed by atoms with E-state index in [0.717, 1.165) is 19.3 Å². The summed E-state index contributed by atoms with van der Waals surface area (Å²) in [6, 6.07) is 16.4. The molecule has 0 radical (unpaired) electrons. The van der Waals surface area contributed by atoms with Crippen LogP contribution >= 0.6 is 0 Å². The molecular weight excluding hydrogens is 338 g/mol. The molecule has 2 atom stereocenters. The van der Waals surface area contributed by atoms with Crippen molar-refractivity contribution in [2.24, 2.45) is 0 Å². The Morgan fingerprint density at radius 1 is 0.893 bits per heavy atom. The van der Waals surface area contributed by atoms with Gasteiger partial charge in [-0.1, -0.05) is 44.5 Å². The van der Waals surface area contributed by atoms with Crippen LogP contribution in [0.1, 0.15) is 69.7 Å². The summed E-state index contributed by atoms with van der Waals surface area (Å²) in [5.41, 5.74) is 10.1. The van der Waals surface area contributed by atoms with Crippen molar-refractivity contribution < 1.29 is 4.57 Å². The van der Waals surface area contributed by atoms with Crippen LogP contribution in [0.3, 0.4) is 0 Å². The number of hydrogen-bond acceptors (Lipinski definition) is 0. The maximum atomic E-state index is 2.69. The number of rotatable bonds is 3. The minimum Gasteiger partial charge on any atom is -0.185 e. The lowest BCUT2D eigenvalue weighted by molar-refractivity contribution is -0.742. The number of fused-ring (bicyclic) bond motifs is 5. The van der Waals surface area contributed by atoms with Crippen LogP contribution in [0.15, 0.2) is 42.5 Å². The first-order valence-corrected chi connectivity index (χ1v) is 10.9. The van der Waals surface area contributed by atoms with E-state index in [-0.39, 0.29) is 11.0 Å².